The second-order valence-corrected chi connectivity index (χ2v) is 7.14. The zero-order valence-electron chi connectivity index (χ0n) is 10.9. The fourth-order valence-corrected chi connectivity index (χ4v) is 4.01. The molecule has 1 unspecified atom stereocenters. The minimum Gasteiger partial charge on any atom is -0.302 e. The zero-order valence-corrected chi connectivity index (χ0v) is 11.7. The number of sulfone groups is 1. The Labute approximate surface area is 109 Å². The van der Waals surface area contributed by atoms with Crippen molar-refractivity contribution in [3.8, 4) is 0 Å². The number of rotatable bonds is 7. The number of nitrogens with two attached hydrogens (primary N) is 1. The van der Waals surface area contributed by atoms with Crippen molar-refractivity contribution in [2.24, 2.45) is 5.84 Å². The van der Waals surface area contributed by atoms with E-state index in [0.29, 0.717) is 17.9 Å². The average Bonchev–Trinajstić information content (AvgIpc) is 2.68. The first kappa shape index (κ1) is 15.4. The number of hydrogen-bond donors (Lipinski definition) is 2. The Morgan fingerprint density at radius 3 is 2.67 bits per heavy atom. The van der Waals surface area contributed by atoms with Crippen LogP contribution in [0.5, 0.6) is 0 Å². The van der Waals surface area contributed by atoms with Crippen molar-refractivity contribution < 1.29 is 13.2 Å². The Morgan fingerprint density at radius 2 is 2.11 bits per heavy atom. The second-order valence-electron chi connectivity index (χ2n) is 4.92. The summed E-state index contributed by atoms with van der Waals surface area (Å²) in [6, 6.07) is 0.169. The van der Waals surface area contributed by atoms with Gasteiger partial charge in [0.1, 0.15) is 0 Å². The number of unbranched alkanes of at least 4 members (excludes halogenated alkanes) is 2. The summed E-state index contributed by atoms with van der Waals surface area (Å²) in [6.45, 7) is 0.879. The third kappa shape index (κ3) is 5.32. The third-order valence-electron chi connectivity index (χ3n) is 3.41. The van der Waals surface area contributed by atoms with Crippen LogP contribution in [-0.2, 0) is 14.6 Å². The molecule has 18 heavy (non-hydrogen) atoms. The molecule has 0 aliphatic carbocycles. The molecule has 1 saturated heterocycles. The molecule has 0 bridgehead atoms. The lowest BCUT2D eigenvalue weighted by molar-refractivity contribution is -0.121. The highest BCUT2D eigenvalue weighted by atomic mass is 32.2. The summed E-state index contributed by atoms with van der Waals surface area (Å²) in [5.41, 5.74) is 2.10. The van der Waals surface area contributed by atoms with Crippen LogP contribution in [-0.4, -0.2) is 50.4 Å². The Kier molecular flexibility index (Phi) is 6.04. The van der Waals surface area contributed by atoms with E-state index >= 15 is 0 Å². The molecular weight excluding hydrogens is 254 g/mol. The molecule has 0 aromatic heterocycles. The molecule has 1 heterocycles. The highest BCUT2D eigenvalue weighted by molar-refractivity contribution is 7.91. The lowest BCUT2D eigenvalue weighted by Crippen LogP contribution is -2.33. The standard InChI is InChI=1S/C11H23N3O3S/c1-14(10-6-8-18(16,17)9-10)7-4-2-3-5-11(15)13-12/h10H,2-9,12H2,1H3,(H,13,15). The number of nitrogens with one attached hydrogen (secondary N) is 1. The molecule has 1 aliphatic rings. The second kappa shape index (κ2) is 7.06. The summed E-state index contributed by atoms with van der Waals surface area (Å²) in [5, 5.41) is 0. The lowest BCUT2D eigenvalue weighted by Gasteiger charge is -2.22. The van der Waals surface area contributed by atoms with Crippen molar-refractivity contribution in [1.82, 2.24) is 10.3 Å². The predicted octanol–water partition coefficient (Wildman–Crippen LogP) is -0.344. The predicted molar refractivity (Wildman–Crippen MR) is 70.5 cm³/mol. The van der Waals surface area contributed by atoms with Crippen LogP contribution in [0.3, 0.4) is 0 Å². The Balaban J connectivity index is 2.11. The smallest absolute Gasteiger partial charge is 0.233 e. The minimum absolute atomic E-state index is 0.134. The van der Waals surface area contributed by atoms with Gasteiger partial charge in [-0.05, 0) is 32.9 Å². The van der Waals surface area contributed by atoms with Crippen molar-refractivity contribution in [3.63, 3.8) is 0 Å². The summed E-state index contributed by atoms with van der Waals surface area (Å²) in [7, 11) is -0.829. The number of carbonyl (C=O) groups is 1. The number of hydrazine groups is 1. The van der Waals surface area contributed by atoms with Gasteiger partial charge in [0.2, 0.25) is 5.91 Å². The molecule has 0 spiro atoms. The van der Waals surface area contributed by atoms with Gasteiger partial charge in [0.25, 0.3) is 0 Å². The molecule has 1 aliphatic heterocycles. The number of amides is 1. The number of carbonyl (C=O) groups excluding carboxylic acids is 1. The van der Waals surface area contributed by atoms with Crippen LogP contribution in [0.2, 0.25) is 0 Å². The van der Waals surface area contributed by atoms with Crippen LogP contribution in [0.4, 0.5) is 0 Å². The molecule has 0 saturated carbocycles. The average molecular weight is 277 g/mol. The van der Waals surface area contributed by atoms with E-state index < -0.39 is 9.84 Å². The Bertz CT molecular complexity index is 370. The lowest BCUT2D eigenvalue weighted by atomic mass is 10.1. The van der Waals surface area contributed by atoms with E-state index in [-0.39, 0.29) is 11.9 Å². The van der Waals surface area contributed by atoms with Gasteiger partial charge < -0.3 is 4.90 Å². The molecule has 7 heteroatoms. The summed E-state index contributed by atoms with van der Waals surface area (Å²) in [6.07, 6.45) is 3.95. The monoisotopic (exact) mass is 277 g/mol. The van der Waals surface area contributed by atoms with Gasteiger partial charge in [-0.1, -0.05) is 6.42 Å². The first-order valence-electron chi connectivity index (χ1n) is 6.35. The molecule has 0 radical (unpaired) electrons. The van der Waals surface area contributed by atoms with Gasteiger partial charge in [-0.2, -0.15) is 0 Å². The fraction of sp³-hybridized carbons (Fsp3) is 0.909. The van der Waals surface area contributed by atoms with Crippen LogP contribution in [0, 0.1) is 0 Å². The molecule has 1 fully saturated rings. The van der Waals surface area contributed by atoms with E-state index in [4.69, 9.17) is 5.84 Å². The minimum atomic E-state index is -2.80. The van der Waals surface area contributed by atoms with Crippen LogP contribution >= 0.6 is 0 Å². The van der Waals surface area contributed by atoms with E-state index in [2.05, 4.69) is 10.3 Å². The molecule has 1 rings (SSSR count). The van der Waals surface area contributed by atoms with E-state index in [1.165, 1.54) is 0 Å². The summed E-state index contributed by atoms with van der Waals surface area (Å²) in [4.78, 5) is 13.0. The number of hydrogen-bond acceptors (Lipinski definition) is 5. The molecule has 3 N–H and O–H groups in total. The number of nitrogens with zero attached hydrogens (tertiary/aromatic N) is 1. The molecule has 6 nitrogen and oxygen atoms in total. The van der Waals surface area contributed by atoms with Gasteiger partial charge in [0, 0.05) is 12.5 Å². The first-order valence-corrected chi connectivity index (χ1v) is 8.17. The summed E-state index contributed by atoms with van der Waals surface area (Å²) < 4.78 is 22.7. The highest BCUT2D eigenvalue weighted by Crippen LogP contribution is 2.17. The molecule has 1 amide bonds. The van der Waals surface area contributed by atoms with Crippen LogP contribution < -0.4 is 11.3 Å². The molecule has 0 aromatic carbocycles. The van der Waals surface area contributed by atoms with E-state index in [1.807, 2.05) is 7.05 Å². The largest absolute Gasteiger partial charge is 0.302 e. The SMILES string of the molecule is CN(CCCCCC(=O)NN)C1CCS(=O)(=O)C1. The van der Waals surface area contributed by atoms with E-state index in [9.17, 15) is 13.2 Å². The maximum Gasteiger partial charge on any atom is 0.233 e. The quantitative estimate of drug-likeness (QED) is 0.287. The third-order valence-corrected chi connectivity index (χ3v) is 5.16. The highest BCUT2D eigenvalue weighted by Gasteiger charge is 2.30. The molecule has 1 atom stereocenters. The normalized spacial score (nSPS) is 22.3. The molecule has 106 valence electrons. The van der Waals surface area contributed by atoms with Crippen LogP contribution in [0.15, 0.2) is 0 Å². The maximum atomic E-state index is 11.3. The fourth-order valence-electron chi connectivity index (χ4n) is 2.20. The Morgan fingerprint density at radius 1 is 1.39 bits per heavy atom. The van der Waals surface area contributed by atoms with Crippen molar-refractivity contribution in [2.75, 3.05) is 25.1 Å². The van der Waals surface area contributed by atoms with Crippen molar-refractivity contribution >= 4 is 15.7 Å². The summed E-state index contributed by atoms with van der Waals surface area (Å²) in [5.74, 6) is 5.45. The summed E-state index contributed by atoms with van der Waals surface area (Å²) >= 11 is 0. The van der Waals surface area contributed by atoms with E-state index in [1.54, 1.807) is 0 Å². The van der Waals surface area contributed by atoms with Crippen LogP contribution in [0.25, 0.3) is 0 Å². The van der Waals surface area contributed by atoms with Gasteiger partial charge in [0.05, 0.1) is 11.5 Å². The Hall–Kier alpha value is -0.660. The first-order chi connectivity index (χ1) is 8.44. The van der Waals surface area contributed by atoms with Gasteiger partial charge in [-0.25, -0.2) is 14.3 Å². The van der Waals surface area contributed by atoms with Crippen molar-refractivity contribution in [3.05, 3.63) is 0 Å². The van der Waals surface area contributed by atoms with Gasteiger partial charge in [0.15, 0.2) is 9.84 Å². The van der Waals surface area contributed by atoms with Gasteiger partial charge in [-0.3, -0.25) is 10.2 Å². The van der Waals surface area contributed by atoms with Crippen molar-refractivity contribution in [1.29, 1.82) is 0 Å². The molecule has 0 aromatic rings. The maximum absolute atomic E-state index is 11.3. The van der Waals surface area contributed by atoms with Crippen LogP contribution in [0.1, 0.15) is 32.1 Å². The van der Waals surface area contributed by atoms with Crippen molar-refractivity contribution in [2.45, 2.75) is 38.1 Å². The van der Waals surface area contributed by atoms with Gasteiger partial charge >= 0.3 is 0 Å². The topological polar surface area (TPSA) is 92.5 Å². The molecular formula is C11H23N3O3S. The zero-order chi connectivity index (χ0) is 13.6. The van der Waals surface area contributed by atoms with Gasteiger partial charge in [-0.15, -0.1) is 0 Å². The van der Waals surface area contributed by atoms with E-state index in [0.717, 1.165) is 32.2 Å².